The third-order valence-electron chi connectivity index (χ3n) is 4.83. The average Bonchev–Trinajstić information content (AvgIpc) is 3.04. The molecule has 0 amide bonds. The van der Waals surface area contributed by atoms with Gasteiger partial charge in [0.15, 0.2) is 11.5 Å². The van der Waals surface area contributed by atoms with Gasteiger partial charge in [-0.1, -0.05) is 71.1 Å². The van der Waals surface area contributed by atoms with E-state index in [1.807, 2.05) is 0 Å². The summed E-state index contributed by atoms with van der Waals surface area (Å²) in [5.41, 5.74) is 0.224. The summed E-state index contributed by atoms with van der Waals surface area (Å²) in [6.45, 7) is 1.22. The van der Waals surface area contributed by atoms with E-state index in [4.69, 9.17) is 14.9 Å². The topological polar surface area (TPSA) is 82.6 Å². The van der Waals surface area contributed by atoms with Gasteiger partial charge in [0, 0.05) is 11.8 Å². The molecule has 0 spiro atoms. The van der Waals surface area contributed by atoms with E-state index < -0.39 is 31.1 Å². The Labute approximate surface area is 162 Å². The number of aryl methyl sites for hydroxylation is 1. The fourth-order valence-electron chi connectivity index (χ4n) is 3.10. The Morgan fingerprint density at radius 3 is 2.04 bits per heavy atom. The number of carbonyl (C=O) groups is 1. The molecule has 0 aromatic carbocycles. The summed E-state index contributed by atoms with van der Waals surface area (Å²) >= 11 is 0. The van der Waals surface area contributed by atoms with Crippen LogP contribution in [0, 0.1) is 5.82 Å². The number of ether oxygens (including phenoxy) is 1. The zero-order chi connectivity index (χ0) is 19.9. The first-order valence-corrected chi connectivity index (χ1v) is 10.4. The first kappa shape index (κ1) is 23.6. The number of aliphatic hydroxyl groups is 2. The van der Waals surface area contributed by atoms with Crippen LogP contribution in [0.5, 0.6) is 0 Å². The first-order valence-electron chi connectivity index (χ1n) is 10.4. The number of hydrogen-bond acceptors (Lipinski definition) is 4. The second-order valence-corrected chi connectivity index (χ2v) is 7.18. The molecule has 0 radical (unpaired) electrons. The van der Waals surface area contributed by atoms with E-state index in [1.54, 1.807) is 0 Å². The van der Waals surface area contributed by atoms with E-state index in [0.717, 1.165) is 19.3 Å². The van der Waals surface area contributed by atoms with Crippen molar-refractivity contribution in [2.24, 2.45) is 0 Å². The molecule has 1 rings (SSSR count). The smallest absolute Gasteiger partial charge is 0.358 e. The van der Waals surface area contributed by atoms with E-state index in [2.05, 4.69) is 11.9 Å². The van der Waals surface area contributed by atoms with Crippen molar-refractivity contribution in [2.45, 2.75) is 90.1 Å². The molecular formula is C21H36FNO4. The minimum Gasteiger partial charge on any atom is -0.453 e. The normalized spacial score (nSPS) is 11.3. The molecule has 3 N–H and O–H groups in total. The van der Waals surface area contributed by atoms with Crippen LogP contribution in [0.15, 0.2) is 6.20 Å². The lowest BCUT2D eigenvalue weighted by atomic mass is 10.0. The molecule has 0 saturated carbocycles. The molecule has 0 atom stereocenters. The molecule has 5 nitrogen and oxygen atoms in total. The van der Waals surface area contributed by atoms with E-state index in [9.17, 15) is 9.18 Å². The molecule has 0 saturated heterocycles. The van der Waals surface area contributed by atoms with Gasteiger partial charge in [0.25, 0.3) is 0 Å². The van der Waals surface area contributed by atoms with Gasteiger partial charge >= 0.3 is 5.97 Å². The zero-order valence-corrected chi connectivity index (χ0v) is 16.6. The molecule has 0 aliphatic rings. The summed E-state index contributed by atoms with van der Waals surface area (Å²) in [5.74, 6) is -1.49. The van der Waals surface area contributed by atoms with E-state index >= 15 is 0 Å². The van der Waals surface area contributed by atoms with Gasteiger partial charge in [-0.25, -0.2) is 9.18 Å². The van der Waals surface area contributed by atoms with Gasteiger partial charge in [0.2, 0.25) is 0 Å². The number of nitrogens with one attached hydrogen (secondary N) is 1. The number of esters is 1. The van der Waals surface area contributed by atoms with Crippen molar-refractivity contribution in [3.8, 4) is 0 Å². The molecule has 156 valence electrons. The van der Waals surface area contributed by atoms with Crippen molar-refractivity contribution in [2.75, 3.05) is 13.2 Å². The Morgan fingerprint density at radius 2 is 1.52 bits per heavy atom. The second kappa shape index (κ2) is 14.6. The Balaban J connectivity index is 2.17. The van der Waals surface area contributed by atoms with E-state index in [-0.39, 0.29) is 5.69 Å². The largest absolute Gasteiger partial charge is 0.453 e. The van der Waals surface area contributed by atoms with Gasteiger partial charge < -0.3 is 19.9 Å². The average molecular weight is 386 g/mol. The Kier molecular flexibility index (Phi) is 12.8. The van der Waals surface area contributed by atoms with Crippen molar-refractivity contribution in [1.29, 1.82) is 0 Å². The molecule has 0 unspecified atom stereocenters. The van der Waals surface area contributed by atoms with Gasteiger partial charge in [0.05, 0.1) is 13.2 Å². The number of aromatic amines is 1. The number of aromatic nitrogens is 1. The maximum absolute atomic E-state index is 14.3. The molecule has 1 aromatic heterocycles. The highest BCUT2D eigenvalue weighted by atomic mass is 19.1. The number of halogens is 1. The second-order valence-electron chi connectivity index (χ2n) is 7.18. The van der Waals surface area contributed by atoms with Crippen LogP contribution in [0.25, 0.3) is 0 Å². The quantitative estimate of drug-likeness (QED) is 0.289. The van der Waals surface area contributed by atoms with Gasteiger partial charge in [-0.2, -0.15) is 0 Å². The van der Waals surface area contributed by atoms with Crippen LogP contribution in [0.1, 0.15) is 93.6 Å². The number of rotatable bonds is 16. The molecule has 0 aliphatic carbocycles. The van der Waals surface area contributed by atoms with Crippen LogP contribution >= 0.6 is 0 Å². The van der Waals surface area contributed by atoms with E-state index in [0.29, 0.717) is 12.0 Å². The van der Waals surface area contributed by atoms with Gasteiger partial charge in [0.1, 0.15) is 6.10 Å². The van der Waals surface area contributed by atoms with Crippen molar-refractivity contribution >= 4 is 5.97 Å². The standard InChI is InChI=1S/C21H36FNO4/c1-2-3-4-5-6-7-8-9-10-11-12-13-17-14-23-20(19(17)22)21(26)27-18(15-24)16-25/h14,18,23-25H,2-13,15-16H2,1H3. The number of unbranched alkanes of at least 4 members (excludes halogenated alkanes) is 10. The van der Waals surface area contributed by atoms with Crippen LogP contribution in [0.2, 0.25) is 0 Å². The van der Waals surface area contributed by atoms with Crippen molar-refractivity contribution in [1.82, 2.24) is 4.98 Å². The van der Waals surface area contributed by atoms with Crippen molar-refractivity contribution < 1.29 is 24.1 Å². The fourth-order valence-corrected chi connectivity index (χ4v) is 3.10. The van der Waals surface area contributed by atoms with Gasteiger partial charge in [-0.15, -0.1) is 0 Å². The number of H-pyrrole nitrogens is 1. The highest BCUT2D eigenvalue weighted by Gasteiger charge is 2.21. The van der Waals surface area contributed by atoms with Crippen molar-refractivity contribution in [3.63, 3.8) is 0 Å². The summed E-state index contributed by atoms with van der Waals surface area (Å²) in [7, 11) is 0. The molecule has 0 bridgehead atoms. The van der Waals surface area contributed by atoms with Crippen LogP contribution in [-0.4, -0.2) is 40.5 Å². The zero-order valence-electron chi connectivity index (χ0n) is 16.6. The lowest BCUT2D eigenvalue weighted by Crippen LogP contribution is -2.26. The van der Waals surface area contributed by atoms with Crippen LogP contribution in [0.3, 0.4) is 0 Å². The Morgan fingerprint density at radius 1 is 1.00 bits per heavy atom. The van der Waals surface area contributed by atoms with Crippen LogP contribution in [0.4, 0.5) is 4.39 Å². The maximum atomic E-state index is 14.3. The summed E-state index contributed by atoms with van der Waals surface area (Å²) in [4.78, 5) is 14.5. The number of carbonyl (C=O) groups excluding carboxylic acids is 1. The van der Waals surface area contributed by atoms with Crippen LogP contribution in [-0.2, 0) is 11.2 Å². The molecular weight excluding hydrogens is 349 g/mol. The number of hydrogen-bond donors (Lipinski definition) is 3. The predicted molar refractivity (Wildman–Crippen MR) is 104 cm³/mol. The molecule has 0 aliphatic heterocycles. The molecule has 0 fully saturated rings. The predicted octanol–water partition coefficient (Wildman–Crippen LogP) is 4.52. The van der Waals surface area contributed by atoms with E-state index in [1.165, 1.54) is 57.6 Å². The SMILES string of the molecule is CCCCCCCCCCCCCc1c[nH]c(C(=O)OC(CO)CO)c1F. The monoisotopic (exact) mass is 385 g/mol. The van der Waals surface area contributed by atoms with Gasteiger partial charge in [-0.3, -0.25) is 0 Å². The number of aliphatic hydroxyl groups excluding tert-OH is 2. The summed E-state index contributed by atoms with van der Waals surface area (Å²) in [5, 5.41) is 17.8. The minimum atomic E-state index is -1.03. The first-order chi connectivity index (χ1) is 13.1. The van der Waals surface area contributed by atoms with Crippen LogP contribution < -0.4 is 0 Å². The summed E-state index contributed by atoms with van der Waals surface area (Å²) < 4.78 is 19.1. The summed E-state index contributed by atoms with van der Waals surface area (Å²) in [6.07, 6.45) is 14.6. The maximum Gasteiger partial charge on any atom is 0.358 e. The molecule has 6 heteroatoms. The highest BCUT2D eigenvalue weighted by Crippen LogP contribution is 2.18. The fraction of sp³-hybridized carbons (Fsp3) is 0.762. The lowest BCUT2D eigenvalue weighted by molar-refractivity contribution is -0.00631. The van der Waals surface area contributed by atoms with Gasteiger partial charge in [-0.05, 0) is 12.8 Å². The third-order valence-corrected chi connectivity index (χ3v) is 4.83. The lowest BCUT2D eigenvalue weighted by Gasteiger charge is -2.11. The Hall–Kier alpha value is -1.40. The van der Waals surface area contributed by atoms with Crippen molar-refractivity contribution in [3.05, 3.63) is 23.3 Å². The third kappa shape index (κ3) is 9.38. The molecule has 1 aromatic rings. The highest BCUT2D eigenvalue weighted by molar-refractivity contribution is 5.88. The molecule has 1 heterocycles. The minimum absolute atomic E-state index is 0.250. The summed E-state index contributed by atoms with van der Waals surface area (Å²) in [6, 6.07) is 0. The Bertz CT molecular complexity index is 514. The molecule has 27 heavy (non-hydrogen) atoms.